The molecule has 1 aromatic carbocycles. The van der Waals surface area contributed by atoms with Crippen molar-refractivity contribution in [2.75, 3.05) is 25.6 Å². The zero-order chi connectivity index (χ0) is 17.9. The van der Waals surface area contributed by atoms with E-state index >= 15 is 0 Å². The predicted molar refractivity (Wildman–Crippen MR) is 99.8 cm³/mol. The smallest absolute Gasteiger partial charge is 0.158 e. The normalized spacial score (nSPS) is 11.8. The first-order valence-corrected chi connectivity index (χ1v) is 8.80. The lowest BCUT2D eigenvalue weighted by Crippen LogP contribution is -2.43. The Kier molecular flexibility index (Phi) is 5.29. The summed E-state index contributed by atoms with van der Waals surface area (Å²) in [6.07, 6.45) is 0. The number of ether oxygens (including phenoxy) is 1. The number of aromatic nitrogens is 2. The molecule has 0 unspecified atom stereocenters. The maximum Gasteiger partial charge on any atom is 0.158 e. The summed E-state index contributed by atoms with van der Waals surface area (Å²) in [5, 5.41) is 25.4. The van der Waals surface area contributed by atoms with Crippen LogP contribution >= 0.6 is 11.3 Å². The van der Waals surface area contributed by atoms with Crippen LogP contribution < -0.4 is 5.32 Å². The van der Waals surface area contributed by atoms with E-state index in [1.54, 1.807) is 14.0 Å². The number of aliphatic hydroxyl groups excluding tert-OH is 2. The summed E-state index contributed by atoms with van der Waals surface area (Å²) in [5.41, 5.74) is 1.20. The lowest BCUT2D eigenvalue weighted by Gasteiger charge is -2.27. The zero-order valence-electron chi connectivity index (χ0n) is 14.2. The van der Waals surface area contributed by atoms with Crippen molar-refractivity contribution >= 4 is 27.4 Å². The van der Waals surface area contributed by atoms with Crippen LogP contribution in [-0.4, -0.2) is 46.0 Å². The van der Waals surface area contributed by atoms with Crippen LogP contribution in [0.5, 0.6) is 0 Å². The largest absolute Gasteiger partial charge is 0.394 e. The van der Waals surface area contributed by atoms with Crippen LogP contribution in [0, 0.1) is 0 Å². The molecule has 0 aliphatic carbocycles. The lowest BCUT2D eigenvalue weighted by atomic mass is 10.0. The molecule has 0 spiro atoms. The number of hydrogen-bond donors (Lipinski definition) is 3. The van der Waals surface area contributed by atoms with E-state index in [4.69, 9.17) is 4.74 Å². The molecule has 25 heavy (non-hydrogen) atoms. The molecule has 2 aromatic heterocycles. The summed E-state index contributed by atoms with van der Waals surface area (Å²) in [4.78, 5) is 9.97. The molecule has 0 atom stereocenters. The Bertz CT molecular complexity index is 847. The average molecular weight is 359 g/mol. The van der Waals surface area contributed by atoms with Crippen molar-refractivity contribution in [3.05, 3.63) is 41.5 Å². The zero-order valence-corrected chi connectivity index (χ0v) is 15.0. The standard InChI is InChI=1S/C18H21N3O3S/c1-18(10-22,11-23)21-16-15-13(12-6-4-3-5-7-12)9-25-17(15)20-14(19-16)8-24-2/h3-7,9,22-23H,8,10-11H2,1-2H3,(H,19,20,21). The summed E-state index contributed by atoms with van der Waals surface area (Å²) >= 11 is 1.53. The van der Waals surface area contributed by atoms with E-state index in [0.29, 0.717) is 11.6 Å². The van der Waals surface area contributed by atoms with Crippen LogP contribution in [0.3, 0.4) is 0 Å². The van der Waals surface area contributed by atoms with Gasteiger partial charge in [0.15, 0.2) is 5.82 Å². The van der Waals surface area contributed by atoms with Gasteiger partial charge in [-0.15, -0.1) is 11.3 Å². The van der Waals surface area contributed by atoms with Crippen molar-refractivity contribution in [2.45, 2.75) is 19.1 Å². The molecule has 0 radical (unpaired) electrons. The van der Waals surface area contributed by atoms with Gasteiger partial charge in [-0.05, 0) is 12.5 Å². The van der Waals surface area contributed by atoms with Crippen LogP contribution in [0.15, 0.2) is 35.7 Å². The molecule has 0 saturated carbocycles. The molecule has 3 rings (SSSR count). The third-order valence-corrected chi connectivity index (χ3v) is 4.83. The molecule has 0 amide bonds. The first kappa shape index (κ1) is 17.8. The van der Waals surface area contributed by atoms with Gasteiger partial charge in [0.05, 0.1) is 24.1 Å². The highest BCUT2D eigenvalue weighted by Gasteiger charge is 2.25. The third kappa shape index (κ3) is 3.64. The first-order valence-electron chi connectivity index (χ1n) is 7.92. The minimum Gasteiger partial charge on any atom is -0.394 e. The van der Waals surface area contributed by atoms with E-state index in [9.17, 15) is 10.2 Å². The van der Waals surface area contributed by atoms with E-state index in [0.717, 1.165) is 21.3 Å². The van der Waals surface area contributed by atoms with E-state index in [1.807, 2.05) is 35.7 Å². The molecule has 0 aliphatic heterocycles. The number of nitrogens with zero attached hydrogens (tertiary/aromatic N) is 2. The quantitative estimate of drug-likeness (QED) is 0.601. The fourth-order valence-electron chi connectivity index (χ4n) is 2.52. The number of methoxy groups -OCH3 is 1. The molecule has 0 fully saturated rings. The van der Waals surface area contributed by atoms with Gasteiger partial charge in [-0.2, -0.15) is 0 Å². The molecule has 6 nitrogen and oxygen atoms in total. The maximum atomic E-state index is 9.64. The van der Waals surface area contributed by atoms with E-state index < -0.39 is 5.54 Å². The SMILES string of the molecule is COCc1nc(NC(C)(CO)CO)c2c(-c3ccccc3)csc2n1. The fourth-order valence-corrected chi connectivity index (χ4v) is 3.48. The Morgan fingerprint density at radius 2 is 1.88 bits per heavy atom. The summed E-state index contributed by atoms with van der Waals surface area (Å²) in [6.45, 7) is 1.59. The van der Waals surface area contributed by atoms with Gasteiger partial charge >= 0.3 is 0 Å². The monoisotopic (exact) mass is 359 g/mol. The van der Waals surface area contributed by atoms with Crippen LogP contribution in [0.25, 0.3) is 21.3 Å². The van der Waals surface area contributed by atoms with Gasteiger partial charge in [0.1, 0.15) is 17.3 Å². The van der Waals surface area contributed by atoms with Crippen molar-refractivity contribution < 1.29 is 14.9 Å². The van der Waals surface area contributed by atoms with Gasteiger partial charge in [0.25, 0.3) is 0 Å². The molecular weight excluding hydrogens is 338 g/mol. The van der Waals surface area contributed by atoms with Crippen molar-refractivity contribution in [3.8, 4) is 11.1 Å². The topological polar surface area (TPSA) is 87.5 Å². The van der Waals surface area contributed by atoms with Crippen LogP contribution in [0.4, 0.5) is 5.82 Å². The Morgan fingerprint density at radius 3 is 2.52 bits per heavy atom. The molecular formula is C18H21N3O3S. The summed E-state index contributed by atoms with van der Waals surface area (Å²) in [5.74, 6) is 1.14. The Morgan fingerprint density at radius 1 is 1.16 bits per heavy atom. The molecule has 7 heteroatoms. The number of benzene rings is 1. The highest BCUT2D eigenvalue weighted by atomic mass is 32.1. The number of rotatable bonds is 7. The van der Waals surface area contributed by atoms with Crippen molar-refractivity contribution in [1.82, 2.24) is 9.97 Å². The molecule has 3 N–H and O–H groups in total. The minimum atomic E-state index is -0.887. The maximum absolute atomic E-state index is 9.64. The molecule has 3 aromatic rings. The highest BCUT2D eigenvalue weighted by Crippen LogP contribution is 2.37. The number of thiophene rings is 1. The Balaban J connectivity index is 2.18. The second-order valence-electron chi connectivity index (χ2n) is 6.12. The highest BCUT2D eigenvalue weighted by molar-refractivity contribution is 7.17. The van der Waals surface area contributed by atoms with Gasteiger partial charge in [0.2, 0.25) is 0 Å². The van der Waals surface area contributed by atoms with E-state index in [2.05, 4.69) is 15.3 Å². The molecule has 0 aliphatic rings. The van der Waals surface area contributed by atoms with E-state index in [1.165, 1.54) is 11.3 Å². The lowest BCUT2D eigenvalue weighted by molar-refractivity contribution is 0.147. The second-order valence-corrected chi connectivity index (χ2v) is 6.98. The summed E-state index contributed by atoms with van der Waals surface area (Å²) in [7, 11) is 1.59. The van der Waals surface area contributed by atoms with Gasteiger partial charge in [-0.1, -0.05) is 30.3 Å². The first-order chi connectivity index (χ1) is 12.1. The van der Waals surface area contributed by atoms with Gasteiger partial charge in [-0.25, -0.2) is 9.97 Å². The van der Waals surface area contributed by atoms with E-state index in [-0.39, 0.29) is 19.8 Å². The van der Waals surface area contributed by atoms with Crippen LogP contribution in [0.1, 0.15) is 12.7 Å². The second kappa shape index (κ2) is 7.45. The molecule has 0 saturated heterocycles. The van der Waals surface area contributed by atoms with Crippen LogP contribution in [-0.2, 0) is 11.3 Å². The molecule has 0 bridgehead atoms. The Labute approximate surface area is 150 Å². The summed E-state index contributed by atoms with van der Waals surface area (Å²) < 4.78 is 5.16. The molecule has 132 valence electrons. The van der Waals surface area contributed by atoms with Crippen molar-refractivity contribution in [3.63, 3.8) is 0 Å². The fraction of sp³-hybridized carbons (Fsp3) is 0.333. The number of aliphatic hydroxyl groups is 2. The predicted octanol–water partition coefficient (Wildman–Crippen LogP) is 2.66. The van der Waals surface area contributed by atoms with Gasteiger partial charge in [0, 0.05) is 18.1 Å². The van der Waals surface area contributed by atoms with Crippen molar-refractivity contribution in [2.24, 2.45) is 0 Å². The number of anilines is 1. The van der Waals surface area contributed by atoms with Crippen molar-refractivity contribution in [1.29, 1.82) is 0 Å². The number of hydrogen-bond acceptors (Lipinski definition) is 7. The van der Waals surface area contributed by atoms with Crippen LogP contribution in [0.2, 0.25) is 0 Å². The molecule has 2 heterocycles. The summed E-state index contributed by atoms with van der Waals surface area (Å²) in [6, 6.07) is 10.0. The third-order valence-electron chi connectivity index (χ3n) is 3.96. The Hall–Kier alpha value is -2.06. The number of nitrogens with one attached hydrogen (secondary N) is 1. The average Bonchev–Trinajstić information content (AvgIpc) is 3.07. The van der Waals surface area contributed by atoms with Gasteiger partial charge in [-0.3, -0.25) is 0 Å². The number of fused-ring (bicyclic) bond motifs is 1. The van der Waals surface area contributed by atoms with Gasteiger partial charge < -0.3 is 20.3 Å². The minimum absolute atomic E-state index is 0.223.